The Morgan fingerprint density at radius 3 is 2.57 bits per heavy atom. The number of carbonyl (C=O) groups excluding carboxylic acids is 1. The highest BCUT2D eigenvalue weighted by molar-refractivity contribution is 6.02. The number of amides is 1. The summed E-state index contributed by atoms with van der Waals surface area (Å²) >= 11 is 0. The number of carbonyl (C=O) groups is 1. The van der Waals surface area contributed by atoms with E-state index in [0.717, 1.165) is 29.5 Å². The Balaban J connectivity index is 1.58. The van der Waals surface area contributed by atoms with Gasteiger partial charge in [-0.3, -0.25) is 4.79 Å². The molecule has 0 spiro atoms. The minimum atomic E-state index is -0.371. The van der Waals surface area contributed by atoms with Crippen LogP contribution in [0.25, 0.3) is 34.2 Å². The number of hydrogen-bond donors (Lipinski definition) is 1. The van der Waals surface area contributed by atoms with Crippen molar-refractivity contribution in [1.82, 2.24) is 15.1 Å². The summed E-state index contributed by atoms with van der Waals surface area (Å²) in [5.41, 5.74) is 2.88. The summed E-state index contributed by atoms with van der Waals surface area (Å²) in [5.74, 6) is 0.209. The van der Waals surface area contributed by atoms with Gasteiger partial charge in [0.2, 0.25) is 0 Å². The van der Waals surface area contributed by atoms with Crippen LogP contribution in [0.3, 0.4) is 0 Å². The first-order chi connectivity index (χ1) is 17.2. The fourth-order valence-electron chi connectivity index (χ4n) is 4.00. The molecule has 35 heavy (non-hydrogen) atoms. The molecule has 0 atom stereocenters. The van der Waals surface area contributed by atoms with Crippen LogP contribution in [0.2, 0.25) is 0 Å². The van der Waals surface area contributed by atoms with Gasteiger partial charge in [0.25, 0.3) is 5.91 Å². The number of unbranched alkanes of at least 4 members (excludes halogenated alkanes) is 5. The number of hydrogen-bond acceptors (Lipinski definition) is 4. The molecule has 0 bridgehead atoms. The number of aromatic nitrogens is 2. The van der Waals surface area contributed by atoms with Crippen LogP contribution >= 0.6 is 0 Å². The molecule has 0 aliphatic rings. The number of para-hydroxylation sites is 2. The lowest BCUT2D eigenvalue weighted by Crippen LogP contribution is -2.25. The molecular formula is C29H30N4O2. The van der Waals surface area contributed by atoms with Crippen LogP contribution in [0.15, 0.2) is 76.9 Å². The van der Waals surface area contributed by atoms with Crippen LogP contribution in [0.1, 0.15) is 51.0 Å². The van der Waals surface area contributed by atoms with E-state index in [1.807, 2.05) is 66.9 Å². The largest absolute Gasteiger partial charge is 0.454 e. The molecule has 0 unspecified atom stereocenters. The number of nitrogens with one attached hydrogen (secondary N) is 1. The Labute approximate surface area is 205 Å². The molecule has 1 N–H and O–H groups in total. The maximum atomic E-state index is 12.7. The van der Waals surface area contributed by atoms with Gasteiger partial charge in [-0.25, -0.2) is 4.68 Å². The van der Waals surface area contributed by atoms with Crippen molar-refractivity contribution in [2.24, 2.45) is 0 Å². The third-order valence-electron chi connectivity index (χ3n) is 5.90. The van der Waals surface area contributed by atoms with Gasteiger partial charge in [0, 0.05) is 23.7 Å². The van der Waals surface area contributed by atoms with Crippen molar-refractivity contribution in [1.29, 1.82) is 5.26 Å². The van der Waals surface area contributed by atoms with Gasteiger partial charge in [-0.2, -0.15) is 10.4 Å². The number of nitrogens with zero attached hydrogens (tertiary/aromatic N) is 3. The van der Waals surface area contributed by atoms with Crippen molar-refractivity contribution in [2.45, 2.75) is 45.4 Å². The molecule has 0 aliphatic carbocycles. The van der Waals surface area contributed by atoms with Gasteiger partial charge in [0.1, 0.15) is 22.9 Å². The fraction of sp³-hybridized carbons (Fsp3) is 0.276. The second kappa shape index (κ2) is 11.8. The molecule has 2 aromatic heterocycles. The van der Waals surface area contributed by atoms with E-state index in [-0.39, 0.29) is 11.5 Å². The molecule has 0 aliphatic heterocycles. The van der Waals surface area contributed by atoms with Crippen molar-refractivity contribution in [2.75, 3.05) is 6.54 Å². The van der Waals surface area contributed by atoms with Crippen molar-refractivity contribution in [3.63, 3.8) is 0 Å². The summed E-state index contributed by atoms with van der Waals surface area (Å²) in [4.78, 5) is 12.7. The first-order valence-corrected chi connectivity index (χ1v) is 12.2. The van der Waals surface area contributed by atoms with Crippen LogP contribution in [0, 0.1) is 11.3 Å². The first-order valence-electron chi connectivity index (χ1n) is 12.2. The van der Waals surface area contributed by atoms with Crippen LogP contribution in [0.4, 0.5) is 0 Å². The van der Waals surface area contributed by atoms with Crippen molar-refractivity contribution >= 4 is 23.0 Å². The SMILES string of the molecule is CCCCCCCCNC(=O)C(C#N)=Cc1cn(-c2ccccc2)nc1-c1cc2ccccc2o1. The molecule has 2 aromatic carbocycles. The lowest BCUT2D eigenvalue weighted by molar-refractivity contribution is -0.117. The highest BCUT2D eigenvalue weighted by Crippen LogP contribution is 2.31. The first kappa shape index (κ1) is 24.0. The van der Waals surface area contributed by atoms with E-state index in [9.17, 15) is 10.1 Å². The Kier molecular flexibility index (Phi) is 8.13. The van der Waals surface area contributed by atoms with Crippen molar-refractivity contribution in [3.8, 4) is 23.2 Å². The molecule has 4 rings (SSSR count). The third kappa shape index (κ3) is 6.07. The zero-order valence-corrected chi connectivity index (χ0v) is 20.0. The van der Waals surface area contributed by atoms with Crippen LogP contribution < -0.4 is 5.32 Å². The molecule has 178 valence electrons. The number of nitriles is 1. The molecule has 6 nitrogen and oxygen atoms in total. The molecule has 2 heterocycles. The van der Waals surface area contributed by atoms with Gasteiger partial charge in [0.15, 0.2) is 5.76 Å². The van der Waals surface area contributed by atoms with E-state index >= 15 is 0 Å². The number of rotatable bonds is 11. The maximum absolute atomic E-state index is 12.7. The maximum Gasteiger partial charge on any atom is 0.261 e. The molecule has 0 saturated carbocycles. The van der Waals surface area contributed by atoms with Gasteiger partial charge < -0.3 is 9.73 Å². The summed E-state index contributed by atoms with van der Waals surface area (Å²) in [7, 11) is 0. The van der Waals surface area contributed by atoms with E-state index in [1.54, 1.807) is 10.8 Å². The second-order valence-corrected chi connectivity index (χ2v) is 8.56. The average molecular weight is 467 g/mol. The predicted octanol–water partition coefficient (Wildman–Crippen LogP) is 6.67. The van der Waals surface area contributed by atoms with E-state index in [4.69, 9.17) is 9.52 Å². The second-order valence-electron chi connectivity index (χ2n) is 8.56. The minimum Gasteiger partial charge on any atom is -0.454 e. The summed E-state index contributed by atoms with van der Waals surface area (Å²) in [5, 5.41) is 18.3. The molecule has 0 fully saturated rings. The zero-order valence-electron chi connectivity index (χ0n) is 20.0. The molecular weight excluding hydrogens is 436 g/mol. The predicted molar refractivity (Wildman–Crippen MR) is 139 cm³/mol. The van der Waals surface area contributed by atoms with E-state index in [0.29, 0.717) is 23.6 Å². The summed E-state index contributed by atoms with van der Waals surface area (Å²) in [6.07, 6.45) is 10.2. The number of benzene rings is 2. The van der Waals surface area contributed by atoms with Gasteiger partial charge >= 0.3 is 0 Å². The Bertz CT molecular complexity index is 1310. The van der Waals surface area contributed by atoms with Crippen molar-refractivity contribution < 1.29 is 9.21 Å². The van der Waals surface area contributed by atoms with Gasteiger partial charge in [-0.15, -0.1) is 0 Å². The quantitative estimate of drug-likeness (QED) is 0.152. The normalized spacial score (nSPS) is 11.5. The average Bonchev–Trinajstić information content (AvgIpc) is 3.51. The Hall–Kier alpha value is -4.11. The molecule has 4 aromatic rings. The van der Waals surface area contributed by atoms with E-state index in [1.165, 1.54) is 25.7 Å². The monoisotopic (exact) mass is 466 g/mol. The molecule has 0 saturated heterocycles. The zero-order chi connectivity index (χ0) is 24.5. The van der Waals surface area contributed by atoms with E-state index in [2.05, 4.69) is 18.3 Å². The van der Waals surface area contributed by atoms with Gasteiger partial charge in [-0.1, -0.05) is 75.4 Å². The molecule has 6 heteroatoms. The van der Waals surface area contributed by atoms with Crippen LogP contribution in [-0.2, 0) is 4.79 Å². The summed E-state index contributed by atoms with van der Waals surface area (Å²) in [6.45, 7) is 2.75. The minimum absolute atomic E-state index is 0.0426. The molecule has 0 radical (unpaired) electrons. The van der Waals surface area contributed by atoms with Crippen LogP contribution in [-0.4, -0.2) is 22.2 Å². The fourth-order valence-corrected chi connectivity index (χ4v) is 4.00. The summed E-state index contributed by atoms with van der Waals surface area (Å²) < 4.78 is 7.78. The summed E-state index contributed by atoms with van der Waals surface area (Å²) in [6, 6.07) is 21.4. The highest BCUT2D eigenvalue weighted by Gasteiger charge is 2.18. The van der Waals surface area contributed by atoms with Crippen molar-refractivity contribution in [3.05, 3.63) is 78.0 Å². The topological polar surface area (TPSA) is 83.9 Å². The van der Waals surface area contributed by atoms with E-state index < -0.39 is 0 Å². The Morgan fingerprint density at radius 1 is 1.06 bits per heavy atom. The standard InChI is InChI=1S/C29H30N4O2/c1-2-3-4-5-6-12-17-31-29(34)23(20-30)18-24-21-33(25-14-8-7-9-15-25)32-28(24)27-19-22-13-10-11-16-26(22)35-27/h7-11,13-16,18-19,21H,2-6,12,17H2,1H3,(H,31,34). The number of fused-ring (bicyclic) bond motifs is 1. The van der Waals surface area contributed by atoms with Gasteiger partial charge in [-0.05, 0) is 36.8 Å². The number of furan rings is 1. The Morgan fingerprint density at radius 2 is 1.80 bits per heavy atom. The highest BCUT2D eigenvalue weighted by atomic mass is 16.3. The molecule has 1 amide bonds. The lowest BCUT2D eigenvalue weighted by Gasteiger charge is -2.04. The lowest BCUT2D eigenvalue weighted by atomic mass is 10.1. The van der Waals surface area contributed by atoms with Crippen LogP contribution in [0.5, 0.6) is 0 Å². The van der Waals surface area contributed by atoms with Gasteiger partial charge in [0.05, 0.1) is 5.69 Å². The smallest absolute Gasteiger partial charge is 0.261 e. The third-order valence-corrected chi connectivity index (χ3v) is 5.90.